The van der Waals surface area contributed by atoms with Gasteiger partial charge < -0.3 is 14.5 Å². The van der Waals surface area contributed by atoms with E-state index >= 15 is 0 Å². The van der Waals surface area contributed by atoms with E-state index in [1.807, 2.05) is 58.3 Å². The third-order valence-corrected chi connectivity index (χ3v) is 6.87. The van der Waals surface area contributed by atoms with Gasteiger partial charge in [-0.15, -0.1) is 0 Å². The number of piperidine rings is 2. The van der Waals surface area contributed by atoms with Crippen molar-refractivity contribution in [2.75, 3.05) is 26.7 Å². The Labute approximate surface area is 194 Å². The Morgan fingerprint density at radius 2 is 1.88 bits per heavy atom. The fourth-order valence-corrected chi connectivity index (χ4v) is 5.00. The molecule has 2 aliphatic heterocycles. The highest BCUT2D eigenvalue weighted by atomic mass is 35.5. The lowest BCUT2D eigenvalue weighted by Crippen LogP contribution is -2.56. The SMILES string of the molecule is COc1ccc(CC(=O)N2CC[C@@H]3[C@@H](CCCN3C(=O)/C=C/c3ccccc3Cl)C2)cc1. The van der Waals surface area contributed by atoms with Crippen molar-refractivity contribution in [3.05, 3.63) is 70.8 Å². The molecule has 2 atom stereocenters. The van der Waals surface area contributed by atoms with Crippen LogP contribution in [0.2, 0.25) is 5.02 Å². The molecular formula is C26H29ClN2O3. The minimum atomic E-state index is 0.0256. The maximum Gasteiger partial charge on any atom is 0.246 e. The van der Waals surface area contributed by atoms with Crippen LogP contribution in [-0.4, -0.2) is 54.4 Å². The van der Waals surface area contributed by atoms with E-state index in [0.29, 0.717) is 23.9 Å². The normalized spacial score (nSPS) is 20.8. The molecule has 168 valence electrons. The summed E-state index contributed by atoms with van der Waals surface area (Å²) >= 11 is 6.20. The number of nitrogens with zero attached hydrogens (tertiary/aromatic N) is 2. The van der Waals surface area contributed by atoms with E-state index in [1.54, 1.807) is 19.3 Å². The third kappa shape index (κ3) is 5.16. The molecule has 2 aliphatic rings. The summed E-state index contributed by atoms with van der Waals surface area (Å²) in [6.45, 7) is 2.18. The number of amides is 2. The lowest BCUT2D eigenvalue weighted by Gasteiger charge is -2.47. The number of carbonyl (C=O) groups is 2. The van der Waals surface area contributed by atoms with Crippen LogP contribution in [0.3, 0.4) is 0 Å². The summed E-state index contributed by atoms with van der Waals surface area (Å²) in [5, 5.41) is 0.636. The predicted octanol–water partition coefficient (Wildman–Crippen LogP) is 4.44. The van der Waals surface area contributed by atoms with Gasteiger partial charge in [-0.25, -0.2) is 0 Å². The van der Waals surface area contributed by atoms with Gasteiger partial charge in [0, 0.05) is 36.8 Å². The van der Waals surface area contributed by atoms with E-state index in [0.717, 1.165) is 49.2 Å². The highest BCUT2D eigenvalue weighted by Gasteiger charge is 2.38. The Kier molecular flexibility index (Phi) is 7.15. The summed E-state index contributed by atoms with van der Waals surface area (Å²) in [6.07, 6.45) is 6.66. The van der Waals surface area contributed by atoms with Crippen molar-refractivity contribution in [3.63, 3.8) is 0 Å². The summed E-state index contributed by atoms with van der Waals surface area (Å²) in [4.78, 5) is 29.8. The smallest absolute Gasteiger partial charge is 0.246 e. The molecular weight excluding hydrogens is 424 g/mol. The van der Waals surface area contributed by atoms with Crippen LogP contribution in [0.4, 0.5) is 0 Å². The molecule has 0 saturated carbocycles. The summed E-state index contributed by atoms with van der Waals surface area (Å²) < 4.78 is 5.19. The lowest BCUT2D eigenvalue weighted by atomic mass is 9.83. The van der Waals surface area contributed by atoms with Crippen molar-refractivity contribution in [2.45, 2.75) is 31.7 Å². The van der Waals surface area contributed by atoms with E-state index in [1.165, 1.54) is 0 Å². The monoisotopic (exact) mass is 452 g/mol. The molecule has 2 fully saturated rings. The van der Waals surface area contributed by atoms with Gasteiger partial charge in [0.15, 0.2) is 0 Å². The van der Waals surface area contributed by atoms with E-state index in [4.69, 9.17) is 16.3 Å². The van der Waals surface area contributed by atoms with Crippen LogP contribution >= 0.6 is 11.6 Å². The molecule has 2 amide bonds. The number of hydrogen-bond donors (Lipinski definition) is 0. The first-order chi connectivity index (χ1) is 15.5. The van der Waals surface area contributed by atoms with Crippen molar-refractivity contribution in [3.8, 4) is 5.75 Å². The number of carbonyl (C=O) groups excluding carboxylic acids is 2. The lowest BCUT2D eigenvalue weighted by molar-refractivity contribution is -0.138. The standard InChI is InChI=1S/C26H29ClN2O3/c1-32-22-11-8-19(9-12-22)17-26(31)28-16-14-24-21(18-28)6-4-15-29(24)25(30)13-10-20-5-2-3-7-23(20)27/h2-3,5,7-13,21,24H,4,6,14-18H2,1H3/b13-10+/t21-,24+/m0/s1. The predicted molar refractivity (Wildman–Crippen MR) is 127 cm³/mol. The fraction of sp³-hybridized carbons (Fsp3) is 0.385. The van der Waals surface area contributed by atoms with Crippen LogP contribution in [0.1, 0.15) is 30.4 Å². The van der Waals surface area contributed by atoms with Crippen LogP contribution in [-0.2, 0) is 16.0 Å². The minimum Gasteiger partial charge on any atom is -0.497 e. The van der Waals surface area contributed by atoms with Crippen molar-refractivity contribution in [1.29, 1.82) is 0 Å². The number of benzene rings is 2. The van der Waals surface area contributed by atoms with Crippen LogP contribution < -0.4 is 4.74 Å². The second-order valence-electron chi connectivity index (χ2n) is 8.51. The van der Waals surface area contributed by atoms with Crippen molar-refractivity contribution in [2.24, 2.45) is 5.92 Å². The van der Waals surface area contributed by atoms with Crippen LogP contribution in [0.15, 0.2) is 54.6 Å². The number of fused-ring (bicyclic) bond motifs is 1. The molecule has 0 radical (unpaired) electrons. The Morgan fingerprint density at radius 3 is 2.62 bits per heavy atom. The number of methoxy groups -OCH3 is 1. The van der Waals surface area contributed by atoms with Gasteiger partial charge in [-0.3, -0.25) is 9.59 Å². The highest BCUT2D eigenvalue weighted by molar-refractivity contribution is 6.32. The summed E-state index contributed by atoms with van der Waals surface area (Å²) in [5.74, 6) is 1.29. The van der Waals surface area contributed by atoms with Gasteiger partial charge in [0.25, 0.3) is 0 Å². The summed E-state index contributed by atoms with van der Waals surface area (Å²) in [5.41, 5.74) is 1.83. The number of likely N-dealkylation sites (tertiary alicyclic amines) is 2. The first-order valence-corrected chi connectivity index (χ1v) is 11.6. The quantitative estimate of drug-likeness (QED) is 0.630. The molecule has 6 heteroatoms. The Bertz CT molecular complexity index is 989. The van der Waals surface area contributed by atoms with Gasteiger partial charge in [0.1, 0.15) is 5.75 Å². The Hall–Kier alpha value is -2.79. The van der Waals surface area contributed by atoms with Crippen LogP contribution in [0, 0.1) is 5.92 Å². The summed E-state index contributed by atoms with van der Waals surface area (Å²) in [6, 6.07) is 15.3. The molecule has 32 heavy (non-hydrogen) atoms. The Morgan fingerprint density at radius 1 is 1.09 bits per heavy atom. The maximum absolute atomic E-state index is 13.0. The molecule has 0 bridgehead atoms. The molecule has 2 saturated heterocycles. The van der Waals surface area contributed by atoms with Crippen molar-refractivity contribution < 1.29 is 14.3 Å². The third-order valence-electron chi connectivity index (χ3n) is 6.53. The molecule has 2 aromatic rings. The van der Waals surface area contributed by atoms with E-state index < -0.39 is 0 Å². The number of hydrogen-bond acceptors (Lipinski definition) is 3. The molecule has 0 N–H and O–H groups in total. The summed E-state index contributed by atoms with van der Waals surface area (Å²) in [7, 11) is 1.63. The van der Waals surface area contributed by atoms with E-state index in [9.17, 15) is 9.59 Å². The fourth-order valence-electron chi connectivity index (χ4n) is 4.80. The molecule has 5 nitrogen and oxygen atoms in total. The second-order valence-corrected chi connectivity index (χ2v) is 8.92. The number of halogens is 1. The zero-order valence-corrected chi connectivity index (χ0v) is 19.1. The Balaban J connectivity index is 1.36. The largest absolute Gasteiger partial charge is 0.497 e. The average molecular weight is 453 g/mol. The van der Waals surface area contributed by atoms with Crippen molar-refractivity contribution >= 4 is 29.5 Å². The first-order valence-electron chi connectivity index (χ1n) is 11.2. The maximum atomic E-state index is 13.0. The molecule has 0 aromatic heterocycles. The molecule has 0 aliphatic carbocycles. The van der Waals surface area contributed by atoms with Crippen molar-refractivity contribution in [1.82, 2.24) is 9.80 Å². The number of rotatable bonds is 5. The van der Waals surface area contributed by atoms with Gasteiger partial charge in [0.2, 0.25) is 11.8 Å². The first kappa shape index (κ1) is 22.4. The molecule has 4 rings (SSSR count). The van der Waals surface area contributed by atoms with E-state index in [-0.39, 0.29) is 17.9 Å². The topological polar surface area (TPSA) is 49.9 Å². The average Bonchev–Trinajstić information content (AvgIpc) is 2.83. The molecule has 2 heterocycles. The zero-order chi connectivity index (χ0) is 22.5. The van der Waals surface area contributed by atoms with Crippen LogP contribution in [0.25, 0.3) is 6.08 Å². The van der Waals surface area contributed by atoms with Crippen LogP contribution in [0.5, 0.6) is 5.75 Å². The van der Waals surface area contributed by atoms with Gasteiger partial charge >= 0.3 is 0 Å². The molecule has 0 unspecified atom stereocenters. The number of ether oxygens (including phenoxy) is 1. The van der Waals surface area contributed by atoms with Gasteiger partial charge in [-0.1, -0.05) is 41.9 Å². The second kappa shape index (κ2) is 10.2. The van der Waals surface area contributed by atoms with Gasteiger partial charge in [0.05, 0.1) is 13.5 Å². The molecule has 0 spiro atoms. The van der Waals surface area contributed by atoms with E-state index in [2.05, 4.69) is 0 Å². The molecule has 2 aromatic carbocycles. The zero-order valence-electron chi connectivity index (χ0n) is 18.4. The highest BCUT2D eigenvalue weighted by Crippen LogP contribution is 2.31. The van der Waals surface area contributed by atoms with Gasteiger partial charge in [-0.2, -0.15) is 0 Å². The minimum absolute atomic E-state index is 0.0256. The van der Waals surface area contributed by atoms with Gasteiger partial charge in [-0.05, 0) is 60.6 Å².